The van der Waals surface area contributed by atoms with Crippen molar-refractivity contribution in [1.82, 2.24) is 4.98 Å². The topological polar surface area (TPSA) is 51.2 Å². The first-order valence-electron chi connectivity index (χ1n) is 9.20. The van der Waals surface area contributed by atoms with Crippen LogP contribution < -0.4 is 10.1 Å². The minimum atomic E-state index is -0.887. The Kier molecular flexibility index (Phi) is 3.66. The van der Waals surface area contributed by atoms with Gasteiger partial charge in [-0.15, -0.1) is 0 Å². The van der Waals surface area contributed by atoms with E-state index in [2.05, 4.69) is 10.3 Å². The Morgan fingerprint density at radius 2 is 1.50 bits per heavy atom. The second kappa shape index (κ2) is 6.20. The number of aromatic nitrogens is 1. The van der Waals surface area contributed by atoms with Gasteiger partial charge in [0, 0.05) is 22.7 Å². The van der Waals surface area contributed by atoms with E-state index in [1.807, 2.05) is 85.8 Å². The maximum absolute atomic E-state index is 13.7. The normalized spacial score (nSPS) is 13.9. The first kappa shape index (κ1) is 16.5. The second-order valence-corrected chi connectivity index (χ2v) is 7.05. The predicted octanol–water partition coefficient (Wildman–Crippen LogP) is 5.29. The first-order valence-corrected chi connectivity index (χ1v) is 9.20. The molecule has 5 rings (SSSR count). The molecule has 1 N–H and O–H groups in total. The summed E-state index contributed by atoms with van der Waals surface area (Å²) in [5, 5.41) is 4.10. The van der Waals surface area contributed by atoms with Crippen molar-refractivity contribution < 1.29 is 9.53 Å². The maximum atomic E-state index is 13.7. The SMILES string of the molecule is CC1(C(=O)Nc2cccc3cccnc23)c2ccccc2Oc2ccccc21. The van der Waals surface area contributed by atoms with E-state index in [0.717, 1.165) is 22.0 Å². The Morgan fingerprint density at radius 1 is 0.857 bits per heavy atom. The van der Waals surface area contributed by atoms with Crippen LogP contribution in [0.25, 0.3) is 10.9 Å². The molecule has 136 valence electrons. The highest BCUT2D eigenvalue weighted by Gasteiger charge is 2.44. The van der Waals surface area contributed by atoms with Gasteiger partial charge in [-0.25, -0.2) is 0 Å². The minimum absolute atomic E-state index is 0.117. The summed E-state index contributed by atoms with van der Waals surface area (Å²) in [6.45, 7) is 1.95. The Bertz CT molecular complexity index is 1170. The second-order valence-electron chi connectivity index (χ2n) is 7.05. The Hall–Kier alpha value is -3.66. The molecule has 3 aromatic carbocycles. The molecule has 0 saturated carbocycles. The average molecular weight is 366 g/mol. The summed E-state index contributed by atoms with van der Waals surface area (Å²) < 4.78 is 6.05. The number of hydrogen-bond donors (Lipinski definition) is 1. The van der Waals surface area contributed by atoms with Crippen LogP contribution in [-0.2, 0) is 10.2 Å². The van der Waals surface area contributed by atoms with Gasteiger partial charge in [0.1, 0.15) is 16.9 Å². The fourth-order valence-electron chi connectivity index (χ4n) is 3.90. The molecule has 1 amide bonds. The summed E-state index contributed by atoms with van der Waals surface area (Å²) in [4.78, 5) is 18.1. The van der Waals surface area contributed by atoms with Gasteiger partial charge in [0.15, 0.2) is 0 Å². The lowest BCUT2D eigenvalue weighted by Gasteiger charge is -2.36. The van der Waals surface area contributed by atoms with Crippen molar-refractivity contribution in [3.63, 3.8) is 0 Å². The number of ether oxygens (including phenoxy) is 1. The lowest BCUT2D eigenvalue weighted by Crippen LogP contribution is -2.40. The number of nitrogens with zero attached hydrogens (tertiary/aromatic N) is 1. The molecule has 0 spiro atoms. The number of amides is 1. The van der Waals surface area contributed by atoms with E-state index in [4.69, 9.17) is 4.74 Å². The van der Waals surface area contributed by atoms with Gasteiger partial charge in [0.25, 0.3) is 0 Å². The number of nitrogens with one attached hydrogen (secondary N) is 1. The summed E-state index contributed by atoms with van der Waals surface area (Å²) in [6, 6.07) is 25.1. The molecular weight excluding hydrogens is 348 g/mol. The zero-order valence-corrected chi connectivity index (χ0v) is 15.3. The highest BCUT2D eigenvalue weighted by atomic mass is 16.5. The van der Waals surface area contributed by atoms with Crippen LogP contribution in [0.3, 0.4) is 0 Å². The van der Waals surface area contributed by atoms with Crippen LogP contribution in [0, 0.1) is 0 Å². The third-order valence-electron chi connectivity index (χ3n) is 5.41. The Labute approximate surface area is 162 Å². The van der Waals surface area contributed by atoms with Gasteiger partial charge in [0.2, 0.25) is 5.91 Å². The first-order chi connectivity index (χ1) is 13.7. The van der Waals surface area contributed by atoms with Crippen LogP contribution in [0.5, 0.6) is 11.5 Å². The molecule has 0 aliphatic carbocycles. The standard InChI is InChI=1S/C24H18N2O2/c1-24(23(27)26-19-12-6-8-16-9-7-15-25-22(16)19)17-10-2-4-13-20(17)28-21-14-5-3-11-18(21)24/h2-15H,1H3,(H,26,27). The molecule has 0 unspecified atom stereocenters. The zero-order valence-electron chi connectivity index (χ0n) is 15.3. The summed E-state index contributed by atoms with van der Waals surface area (Å²) in [6.07, 6.45) is 1.73. The van der Waals surface area contributed by atoms with E-state index < -0.39 is 5.41 Å². The summed E-state index contributed by atoms with van der Waals surface area (Å²) in [5.41, 5.74) is 2.28. The molecule has 2 heterocycles. The van der Waals surface area contributed by atoms with Gasteiger partial charge in [-0.1, -0.05) is 54.6 Å². The summed E-state index contributed by atoms with van der Waals surface area (Å²) in [7, 11) is 0. The third kappa shape index (κ3) is 2.38. The fourth-order valence-corrected chi connectivity index (χ4v) is 3.90. The van der Waals surface area contributed by atoms with Crippen molar-refractivity contribution in [2.24, 2.45) is 0 Å². The van der Waals surface area contributed by atoms with E-state index in [1.165, 1.54) is 0 Å². The van der Waals surface area contributed by atoms with E-state index in [-0.39, 0.29) is 5.91 Å². The van der Waals surface area contributed by atoms with Gasteiger partial charge >= 0.3 is 0 Å². The molecule has 4 aromatic rings. The predicted molar refractivity (Wildman–Crippen MR) is 110 cm³/mol. The van der Waals surface area contributed by atoms with Crippen LogP contribution >= 0.6 is 0 Å². The fraction of sp³-hybridized carbons (Fsp3) is 0.0833. The number of hydrogen-bond acceptors (Lipinski definition) is 3. The number of anilines is 1. The van der Waals surface area contributed by atoms with Crippen LogP contribution in [0.1, 0.15) is 18.1 Å². The largest absolute Gasteiger partial charge is 0.457 e. The quantitative estimate of drug-likeness (QED) is 0.525. The van der Waals surface area contributed by atoms with E-state index in [9.17, 15) is 4.79 Å². The molecule has 4 heteroatoms. The Morgan fingerprint density at radius 3 is 2.21 bits per heavy atom. The van der Waals surface area contributed by atoms with Crippen molar-refractivity contribution in [3.05, 3.63) is 96.2 Å². The molecule has 28 heavy (non-hydrogen) atoms. The van der Waals surface area contributed by atoms with Gasteiger partial charge in [-0.05, 0) is 31.2 Å². The average Bonchev–Trinajstić information content (AvgIpc) is 2.74. The molecule has 0 bridgehead atoms. The van der Waals surface area contributed by atoms with Crippen LogP contribution in [0.15, 0.2) is 85.1 Å². The molecule has 0 radical (unpaired) electrons. The van der Waals surface area contributed by atoms with Crippen molar-refractivity contribution in [2.45, 2.75) is 12.3 Å². The smallest absolute Gasteiger partial charge is 0.239 e. The molecule has 0 saturated heterocycles. The lowest BCUT2D eigenvalue weighted by molar-refractivity contribution is -0.119. The molecule has 0 atom stereocenters. The maximum Gasteiger partial charge on any atom is 0.239 e. The van der Waals surface area contributed by atoms with E-state index in [1.54, 1.807) is 6.20 Å². The highest BCUT2D eigenvalue weighted by Crippen LogP contribution is 2.48. The highest BCUT2D eigenvalue weighted by molar-refractivity contribution is 6.07. The van der Waals surface area contributed by atoms with Gasteiger partial charge in [-0.3, -0.25) is 9.78 Å². The number of para-hydroxylation sites is 3. The number of benzene rings is 3. The monoisotopic (exact) mass is 366 g/mol. The molecule has 1 aliphatic rings. The van der Waals surface area contributed by atoms with Crippen LogP contribution in [-0.4, -0.2) is 10.9 Å². The molecule has 1 aromatic heterocycles. The number of fused-ring (bicyclic) bond motifs is 3. The van der Waals surface area contributed by atoms with E-state index >= 15 is 0 Å². The van der Waals surface area contributed by atoms with Gasteiger partial charge < -0.3 is 10.1 Å². The van der Waals surface area contributed by atoms with Gasteiger partial charge in [0.05, 0.1) is 11.2 Å². The van der Waals surface area contributed by atoms with Crippen molar-refractivity contribution in [2.75, 3.05) is 5.32 Å². The third-order valence-corrected chi connectivity index (χ3v) is 5.41. The lowest BCUT2D eigenvalue weighted by atomic mass is 9.73. The molecule has 4 nitrogen and oxygen atoms in total. The summed E-state index contributed by atoms with van der Waals surface area (Å²) >= 11 is 0. The Balaban J connectivity index is 1.65. The van der Waals surface area contributed by atoms with Crippen molar-refractivity contribution in [3.8, 4) is 11.5 Å². The minimum Gasteiger partial charge on any atom is -0.457 e. The van der Waals surface area contributed by atoms with Crippen molar-refractivity contribution >= 4 is 22.5 Å². The molecule has 0 fully saturated rings. The number of pyridine rings is 1. The molecule has 1 aliphatic heterocycles. The van der Waals surface area contributed by atoms with E-state index in [0.29, 0.717) is 17.2 Å². The van der Waals surface area contributed by atoms with Crippen LogP contribution in [0.4, 0.5) is 5.69 Å². The number of carbonyl (C=O) groups excluding carboxylic acids is 1. The van der Waals surface area contributed by atoms with Gasteiger partial charge in [-0.2, -0.15) is 0 Å². The summed E-state index contributed by atoms with van der Waals surface area (Å²) in [5.74, 6) is 1.29. The van der Waals surface area contributed by atoms with Crippen LogP contribution in [0.2, 0.25) is 0 Å². The number of rotatable bonds is 2. The van der Waals surface area contributed by atoms with Crippen molar-refractivity contribution in [1.29, 1.82) is 0 Å². The number of carbonyl (C=O) groups is 1. The molecular formula is C24H18N2O2. The zero-order chi connectivity index (χ0) is 19.1.